The van der Waals surface area contributed by atoms with Gasteiger partial charge in [0.1, 0.15) is 11.4 Å². The highest BCUT2D eigenvalue weighted by molar-refractivity contribution is 6.32. The number of amides is 2. The standard InChI is InChI=1S/C20H18ClN3O3/c1-13(25)24-19(26)18(11-15-5-3-4-6-17(15)21)23-20(24)22-12-14-7-9-16(27-2)10-8-14/h3-11H,12H2,1-2H3,(H,22,23)/b18-11-. The second kappa shape index (κ2) is 8.05. The van der Waals surface area contributed by atoms with Crippen LogP contribution in [0.2, 0.25) is 5.02 Å². The second-order valence-corrected chi connectivity index (χ2v) is 6.26. The van der Waals surface area contributed by atoms with Crippen LogP contribution in [-0.4, -0.2) is 29.8 Å². The summed E-state index contributed by atoms with van der Waals surface area (Å²) < 4.78 is 5.13. The number of carbonyl (C=O) groups is 2. The molecule has 0 radical (unpaired) electrons. The van der Waals surface area contributed by atoms with Gasteiger partial charge in [-0.25, -0.2) is 9.89 Å². The Labute approximate surface area is 162 Å². The number of hydrogen-bond acceptors (Lipinski definition) is 4. The summed E-state index contributed by atoms with van der Waals surface area (Å²) in [7, 11) is 1.60. The molecule has 1 N–H and O–H groups in total. The predicted molar refractivity (Wildman–Crippen MR) is 104 cm³/mol. The average molecular weight is 384 g/mol. The Morgan fingerprint density at radius 2 is 1.93 bits per heavy atom. The summed E-state index contributed by atoms with van der Waals surface area (Å²) >= 11 is 6.15. The minimum absolute atomic E-state index is 0.196. The summed E-state index contributed by atoms with van der Waals surface area (Å²) in [6.07, 6.45) is 1.61. The number of carbonyl (C=O) groups excluding carboxylic acids is 2. The maximum Gasteiger partial charge on any atom is 0.283 e. The monoisotopic (exact) mass is 383 g/mol. The number of aliphatic imine (C=N–C) groups is 1. The van der Waals surface area contributed by atoms with Crippen LogP contribution in [0.1, 0.15) is 18.1 Å². The predicted octanol–water partition coefficient (Wildman–Crippen LogP) is 3.22. The molecule has 1 fully saturated rings. The van der Waals surface area contributed by atoms with E-state index in [0.29, 0.717) is 17.1 Å². The van der Waals surface area contributed by atoms with Gasteiger partial charge < -0.3 is 10.1 Å². The van der Waals surface area contributed by atoms with Crippen molar-refractivity contribution < 1.29 is 14.3 Å². The van der Waals surface area contributed by atoms with E-state index in [1.807, 2.05) is 30.3 Å². The van der Waals surface area contributed by atoms with E-state index in [-0.39, 0.29) is 11.7 Å². The molecule has 1 saturated heterocycles. The van der Waals surface area contributed by atoms with E-state index in [9.17, 15) is 9.59 Å². The van der Waals surface area contributed by atoms with Crippen molar-refractivity contribution in [2.45, 2.75) is 13.5 Å². The largest absolute Gasteiger partial charge is 0.497 e. The van der Waals surface area contributed by atoms with Gasteiger partial charge in [-0.2, -0.15) is 0 Å². The molecule has 1 heterocycles. The van der Waals surface area contributed by atoms with Crippen molar-refractivity contribution in [1.82, 2.24) is 10.2 Å². The van der Waals surface area contributed by atoms with E-state index in [4.69, 9.17) is 16.3 Å². The maximum absolute atomic E-state index is 12.6. The highest BCUT2D eigenvalue weighted by Crippen LogP contribution is 2.21. The lowest BCUT2D eigenvalue weighted by Crippen LogP contribution is -2.36. The SMILES string of the molecule is COc1ccc(CN=C2N/C(=C\c3ccccc3Cl)C(=O)N2C(C)=O)cc1. The van der Waals surface area contributed by atoms with E-state index in [1.54, 1.807) is 31.4 Å². The molecule has 0 bridgehead atoms. The topological polar surface area (TPSA) is 71.0 Å². The Bertz CT molecular complexity index is 936. The van der Waals surface area contributed by atoms with Gasteiger partial charge in [-0.05, 0) is 35.4 Å². The van der Waals surface area contributed by atoms with Gasteiger partial charge in [0.2, 0.25) is 11.9 Å². The molecule has 0 saturated carbocycles. The lowest BCUT2D eigenvalue weighted by Gasteiger charge is -2.10. The number of ether oxygens (including phenoxy) is 1. The summed E-state index contributed by atoms with van der Waals surface area (Å²) in [6.45, 7) is 1.63. The van der Waals surface area contributed by atoms with Crippen LogP contribution in [0, 0.1) is 0 Å². The third kappa shape index (κ3) is 4.17. The fraction of sp³-hybridized carbons (Fsp3) is 0.150. The van der Waals surface area contributed by atoms with E-state index in [0.717, 1.165) is 16.2 Å². The fourth-order valence-electron chi connectivity index (χ4n) is 2.59. The molecule has 0 spiro atoms. The first kappa shape index (κ1) is 18.7. The Morgan fingerprint density at radius 3 is 2.56 bits per heavy atom. The van der Waals surface area contributed by atoms with Gasteiger partial charge in [-0.15, -0.1) is 0 Å². The van der Waals surface area contributed by atoms with Gasteiger partial charge in [0, 0.05) is 11.9 Å². The fourth-order valence-corrected chi connectivity index (χ4v) is 2.78. The van der Waals surface area contributed by atoms with Crippen LogP contribution in [0.3, 0.4) is 0 Å². The van der Waals surface area contributed by atoms with Crippen LogP contribution in [0.4, 0.5) is 0 Å². The van der Waals surface area contributed by atoms with Gasteiger partial charge in [0.15, 0.2) is 0 Å². The number of methoxy groups -OCH3 is 1. The number of guanidine groups is 1. The smallest absolute Gasteiger partial charge is 0.283 e. The number of nitrogens with one attached hydrogen (secondary N) is 1. The molecule has 0 aliphatic carbocycles. The molecule has 2 aromatic carbocycles. The van der Waals surface area contributed by atoms with Crippen molar-refractivity contribution in [2.75, 3.05) is 7.11 Å². The van der Waals surface area contributed by atoms with Gasteiger partial charge in [0.25, 0.3) is 5.91 Å². The molecule has 7 heteroatoms. The Kier molecular flexibility index (Phi) is 5.57. The summed E-state index contributed by atoms with van der Waals surface area (Å²) in [5.74, 6) is 0.0666. The van der Waals surface area contributed by atoms with Gasteiger partial charge in [-0.3, -0.25) is 9.59 Å². The van der Waals surface area contributed by atoms with Crippen molar-refractivity contribution in [2.24, 2.45) is 4.99 Å². The molecule has 27 heavy (non-hydrogen) atoms. The number of imide groups is 1. The summed E-state index contributed by atoms with van der Waals surface area (Å²) in [4.78, 5) is 30.0. The highest BCUT2D eigenvalue weighted by Gasteiger charge is 2.34. The quantitative estimate of drug-likeness (QED) is 0.823. The molecule has 2 amide bonds. The Morgan fingerprint density at radius 1 is 1.22 bits per heavy atom. The zero-order valence-corrected chi connectivity index (χ0v) is 15.7. The normalized spacial score (nSPS) is 16.7. The molecule has 0 aromatic heterocycles. The lowest BCUT2D eigenvalue weighted by molar-refractivity contribution is -0.135. The van der Waals surface area contributed by atoms with E-state index in [1.165, 1.54) is 6.92 Å². The van der Waals surface area contributed by atoms with Crippen molar-refractivity contribution in [3.05, 3.63) is 70.4 Å². The Hall–Kier alpha value is -3.12. The molecule has 0 unspecified atom stereocenters. The zero-order chi connectivity index (χ0) is 19.4. The van der Waals surface area contributed by atoms with Gasteiger partial charge >= 0.3 is 0 Å². The Balaban J connectivity index is 1.86. The minimum atomic E-state index is -0.462. The van der Waals surface area contributed by atoms with E-state index >= 15 is 0 Å². The van der Waals surface area contributed by atoms with Crippen molar-refractivity contribution in [3.63, 3.8) is 0 Å². The minimum Gasteiger partial charge on any atom is -0.497 e. The van der Waals surface area contributed by atoms with Crippen LogP contribution in [0.5, 0.6) is 5.75 Å². The highest BCUT2D eigenvalue weighted by atomic mass is 35.5. The van der Waals surface area contributed by atoms with Crippen molar-refractivity contribution in [3.8, 4) is 5.75 Å². The number of halogens is 1. The molecule has 138 valence electrons. The van der Waals surface area contributed by atoms with Crippen LogP contribution in [0.15, 0.2) is 59.2 Å². The third-order valence-electron chi connectivity index (χ3n) is 3.98. The second-order valence-electron chi connectivity index (χ2n) is 5.85. The van der Waals surface area contributed by atoms with Gasteiger partial charge in [-0.1, -0.05) is 41.9 Å². The number of benzene rings is 2. The van der Waals surface area contributed by atoms with Crippen LogP contribution >= 0.6 is 11.6 Å². The number of nitrogens with zero attached hydrogens (tertiary/aromatic N) is 2. The first-order valence-corrected chi connectivity index (χ1v) is 8.63. The van der Waals surface area contributed by atoms with Crippen LogP contribution in [-0.2, 0) is 16.1 Å². The molecule has 1 aliphatic heterocycles. The summed E-state index contributed by atoms with van der Waals surface area (Å²) in [5.41, 5.74) is 1.84. The first-order valence-electron chi connectivity index (χ1n) is 8.25. The molecule has 6 nitrogen and oxygen atoms in total. The van der Waals surface area contributed by atoms with Crippen molar-refractivity contribution >= 4 is 35.5 Å². The molecule has 1 aliphatic rings. The molecule has 2 aromatic rings. The lowest BCUT2D eigenvalue weighted by atomic mass is 10.2. The molecular weight excluding hydrogens is 366 g/mol. The van der Waals surface area contributed by atoms with E-state index < -0.39 is 11.8 Å². The first-order chi connectivity index (χ1) is 13.0. The maximum atomic E-state index is 12.6. The zero-order valence-electron chi connectivity index (χ0n) is 14.9. The van der Waals surface area contributed by atoms with Crippen LogP contribution in [0.25, 0.3) is 6.08 Å². The average Bonchev–Trinajstić information content (AvgIpc) is 2.98. The molecule has 3 rings (SSSR count). The molecular formula is C20H18ClN3O3. The van der Waals surface area contributed by atoms with Gasteiger partial charge in [0.05, 0.1) is 13.7 Å². The van der Waals surface area contributed by atoms with E-state index in [2.05, 4.69) is 10.3 Å². The molecule has 0 atom stereocenters. The van der Waals surface area contributed by atoms with Crippen molar-refractivity contribution in [1.29, 1.82) is 0 Å². The summed E-state index contributed by atoms with van der Waals surface area (Å²) in [5, 5.41) is 3.44. The summed E-state index contributed by atoms with van der Waals surface area (Å²) in [6, 6.07) is 14.5. The van der Waals surface area contributed by atoms with Crippen LogP contribution < -0.4 is 10.1 Å². The third-order valence-corrected chi connectivity index (χ3v) is 4.33. The number of hydrogen-bond donors (Lipinski definition) is 1. The number of rotatable bonds is 4.